The molecule has 0 aromatic rings. The van der Waals surface area contributed by atoms with Gasteiger partial charge in [-0.05, 0) is 38.0 Å². The average Bonchev–Trinajstić information content (AvgIpc) is 2.24. The third kappa shape index (κ3) is 3.86. The molecule has 2 rings (SSSR count). The molecule has 18 heavy (non-hydrogen) atoms. The number of rotatable bonds is 4. The molecule has 0 bridgehead atoms. The van der Waals surface area contributed by atoms with Crippen molar-refractivity contribution in [3.8, 4) is 0 Å². The number of likely N-dealkylation sites (tertiary alicyclic amines) is 1. The van der Waals surface area contributed by atoms with Gasteiger partial charge in [-0.25, -0.2) is 0 Å². The number of hydrogen-bond donors (Lipinski definition) is 1. The molecule has 2 aliphatic rings. The third-order valence-corrected chi connectivity index (χ3v) is 4.12. The summed E-state index contributed by atoms with van der Waals surface area (Å²) in [6.07, 6.45) is 6.17. The number of carbonyl (C=O) groups excluding carboxylic acids is 1. The van der Waals surface area contributed by atoms with Crippen molar-refractivity contribution in [2.45, 2.75) is 52.0 Å². The highest BCUT2D eigenvalue weighted by Crippen LogP contribution is 2.25. The van der Waals surface area contributed by atoms with Gasteiger partial charge in [0.15, 0.2) is 0 Å². The van der Waals surface area contributed by atoms with E-state index in [0.717, 1.165) is 25.6 Å². The van der Waals surface area contributed by atoms with Gasteiger partial charge >= 0.3 is 0 Å². The van der Waals surface area contributed by atoms with Crippen molar-refractivity contribution in [1.82, 2.24) is 10.2 Å². The molecule has 0 radical (unpaired) electrons. The highest BCUT2D eigenvalue weighted by molar-refractivity contribution is 5.85. The maximum atomic E-state index is 12.3. The van der Waals surface area contributed by atoms with E-state index in [2.05, 4.69) is 24.1 Å². The topological polar surface area (TPSA) is 32.3 Å². The molecule has 1 unspecified atom stereocenters. The van der Waals surface area contributed by atoms with Crippen LogP contribution in [0.5, 0.6) is 0 Å². The van der Waals surface area contributed by atoms with Gasteiger partial charge in [-0.3, -0.25) is 4.79 Å². The number of amides is 1. The van der Waals surface area contributed by atoms with Gasteiger partial charge in [0, 0.05) is 25.7 Å². The van der Waals surface area contributed by atoms with Crippen LogP contribution in [0, 0.1) is 11.8 Å². The number of piperidine rings is 1. The summed E-state index contributed by atoms with van der Waals surface area (Å²) in [5.74, 6) is 1.44. The van der Waals surface area contributed by atoms with Crippen LogP contribution >= 0.6 is 12.4 Å². The standard InChI is InChI=1S/C14H26N2O.ClH/c1-11(2)6-7-13-5-3-4-8-16(13)14(17)12-9-15-10-12;/h11-13,15H,3-10H2,1-2H3;1H. The van der Waals surface area contributed by atoms with Gasteiger partial charge < -0.3 is 10.2 Å². The molecule has 2 fully saturated rings. The van der Waals surface area contributed by atoms with Crippen LogP contribution in [0.15, 0.2) is 0 Å². The van der Waals surface area contributed by atoms with Gasteiger partial charge in [-0.2, -0.15) is 0 Å². The zero-order chi connectivity index (χ0) is 12.3. The predicted octanol–water partition coefficient (Wildman–Crippen LogP) is 2.44. The number of nitrogens with zero attached hydrogens (tertiary/aromatic N) is 1. The summed E-state index contributed by atoms with van der Waals surface area (Å²) in [6.45, 7) is 7.33. The summed E-state index contributed by atoms with van der Waals surface area (Å²) in [6, 6.07) is 0.527. The molecule has 0 saturated carbocycles. The summed E-state index contributed by atoms with van der Waals surface area (Å²) in [5, 5.41) is 3.20. The second kappa shape index (κ2) is 7.34. The van der Waals surface area contributed by atoms with Gasteiger partial charge in [-0.15, -0.1) is 12.4 Å². The van der Waals surface area contributed by atoms with Crippen LogP contribution in [0.4, 0.5) is 0 Å². The Labute approximate surface area is 117 Å². The lowest BCUT2D eigenvalue weighted by Crippen LogP contribution is -2.55. The Hall–Kier alpha value is -0.280. The lowest BCUT2D eigenvalue weighted by molar-refractivity contribution is -0.141. The SMILES string of the molecule is CC(C)CCC1CCCCN1C(=O)C1CNC1.Cl. The summed E-state index contributed by atoms with van der Waals surface area (Å²) in [7, 11) is 0. The lowest BCUT2D eigenvalue weighted by Gasteiger charge is -2.40. The van der Waals surface area contributed by atoms with Gasteiger partial charge in [0.1, 0.15) is 0 Å². The van der Waals surface area contributed by atoms with E-state index < -0.39 is 0 Å². The molecule has 0 spiro atoms. The molecule has 2 aliphatic heterocycles. The molecule has 2 heterocycles. The number of nitrogens with one attached hydrogen (secondary N) is 1. The van der Waals surface area contributed by atoms with Crippen LogP contribution in [0.1, 0.15) is 46.0 Å². The van der Waals surface area contributed by atoms with E-state index in [1.807, 2.05) is 0 Å². The van der Waals surface area contributed by atoms with Gasteiger partial charge in [-0.1, -0.05) is 13.8 Å². The molecule has 3 nitrogen and oxygen atoms in total. The number of carbonyl (C=O) groups is 1. The van der Waals surface area contributed by atoms with Crippen LogP contribution < -0.4 is 5.32 Å². The maximum absolute atomic E-state index is 12.3. The first-order chi connectivity index (χ1) is 8.18. The van der Waals surface area contributed by atoms with Crippen LogP contribution in [0.2, 0.25) is 0 Å². The van der Waals surface area contributed by atoms with Gasteiger partial charge in [0.2, 0.25) is 5.91 Å². The molecule has 4 heteroatoms. The fourth-order valence-corrected chi connectivity index (χ4v) is 2.81. The molecular formula is C14H27ClN2O. The Balaban J connectivity index is 0.00000162. The van der Waals surface area contributed by atoms with Crippen LogP contribution in [0.3, 0.4) is 0 Å². The minimum Gasteiger partial charge on any atom is -0.339 e. The van der Waals surface area contributed by atoms with Crippen molar-refractivity contribution in [2.75, 3.05) is 19.6 Å². The predicted molar refractivity (Wildman–Crippen MR) is 77.0 cm³/mol. The average molecular weight is 275 g/mol. The van der Waals surface area contributed by atoms with Crippen LogP contribution in [0.25, 0.3) is 0 Å². The van der Waals surface area contributed by atoms with E-state index in [9.17, 15) is 4.79 Å². The summed E-state index contributed by atoms with van der Waals surface area (Å²) < 4.78 is 0. The van der Waals surface area contributed by atoms with E-state index >= 15 is 0 Å². The van der Waals surface area contributed by atoms with E-state index in [1.54, 1.807) is 0 Å². The fourth-order valence-electron chi connectivity index (χ4n) is 2.81. The monoisotopic (exact) mass is 274 g/mol. The van der Waals surface area contributed by atoms with Crippen LogP contribution in [-0.4, -0.2) is 36.5 Å². The minimum absolute atomic E-state index is 0. The van der Waals surface area contributed by atoms with Crippen molar-refractivity contribution >= 4 is 18.3 Å². The van der Waals surface area contributed by atoms with E-state index in [0.29, 0.717) is 11.9 Å². The normalized spacial score (nSPS) is 24.6. The Bertz CT molecular complexity index is 267. The smallest absolute Gasteiger partial charge is 0.228 e. The van der Waals surface area contributed by atoms with Crippen molar-refractivity contribution < 1.29 is 4.79 Å². The molecule has 106 valence electrons. The minimum atomic E-state index is 0. The Morgan fingerprint density at radius 2 is 2.06 bits per heavy atom. The number of hydrogen-bond acceptors (Lipinski definition) is 2. The molecule has 0 aromatic heterocycles. The first-order valence-electron chi connectivity index (χ1n) is 7.19. The number of halogens is 1. The quantitative estimate of drug-likeness (QED) is 0.854. The highest BCUT2D eigenvalue weighted by Gasteiger charge is 2.33. The molecular weight excluding hydrogens is 248 g/mol. The van der Waals surface area contributed by atoms with Crippen LogP contribution in [-0.2, 0) is 4.79 Å². The molecule has 2 saturated heterocycles. The molecule has 0 aliphatic carbocycles. The summed E-state index contributed by atoms with van der Waals surface area (Å²) in [4.78, 5) is 14.5. The van der Waals surface area contributed by atoms with E-state index in [-0.39, 0.29) is 18.3 Å². The van der Waals surface area contributed by atoms with Gasteiger partial charge in [0.05, 0.1) is 5.92 Å². The van der Waals surface area contributed by atoms with Crippen molar-refractivity contribution in [3.63, 3.8) is 0 Å². The Morgan fingerprint density at radius 1 is 1.33 bits per heavy atom. The Kier molecular flexibility index (Phi) is 6.44. The third-order valence-electron chi connectivity index (χ3n) is 4.12. The van der Waals surface area contributed by atoms with Crippen molar-refractivity contribution in [3.05, 3.63) is 0 Å². The van der Waals surface area contributed by atoms with E-state index in [4.69, 9.17) is 0 Å². The maximum Gasteiger partial charge on any atom is 0.228 e. The first kappa shape index (κ1) is 15.8. The molecule has 0 aromatic carbocycles. The molecule has 1 amide bonds. The summed E-state index contributed by atoms with van der Waals surface area (Å²) >= 11 is 0. The zero-order valence-electron chi connectivity index (χ0n) is 11.7. The molecule has 1 atom stereocenters. The van der Waals surface area contributed by atoms with Gasteiger partial charge in [0.25, 0.3) is 0 Å². The highest BCUT2D eigenvalue weighted by atomic mass is 35.5. The Morgan fingerprint density at radius 3 is 2.61 bits per heavy atom. The largest absolute Gasteiger partial charge is 0.339 e. The van der Waals surface area contributed by atoms with Crippen molar-refractivity contribution in [2.24, 2.45) is 11.8 Å². The molecule has 1 N–H and O–H groups in total. The van der Waals surface area contributed by atoms with Crippen molar-refractivity contribution in [1.29, 1.82) is 0 Å². The lowest BCUT2D eigenvalue weighted by atomic mass is 9.92. The first-order valence-corrected chi connectivity index (χ1v) is 7.19. The second-order valence-electron chi connectivity index (χ2n) is 6.01. The zero-order valence-corrected chi connectivity index (χ0v) is 12.5. The fraction of sp³-hybridized carbons (Fsp3) is 0.929. The summed E-state index contributed by atoms with van der Waals surface area (Å²) in [5.41, 5.74) is 0. The van der Waals surface area contributed by atoms with E-state index in [1.165, 1.54) is 32.1 Å². The second-order valence-corrected chi connectivity index (χ2v) is 6.01.